The van der Waals surface area contributed by atoms with E-state index in [4.69, 9.17) is 9.47 Å². The minimum atomic E-state index is -1.21. The average Bonchev–Trinajstić information content (AvgIpc) is 3.08. The van der Waals surface area contributed by atoms with Crippen LogP contribution in [0.25, 0.3) is 0 Å². The lowest BCUT2D eigenvalue weighted by atomic mass is 10.1. The molecule has 1 heterocycles. The minimum Gasteiger partial charge on any atom is -0.494 e. The minimum absolute atomic E-state index is 0.178. The van der Waals surface area contributed by atoms with Gasteiger partial charge in [-0.05, 0) is 44.5 Å². The number of aromatic nitrogens is 2. The van der Waals surface area contributed by atoms with Crippen molar-refractivity contribution in [2.24, 2.45) is 0 Å². The number of carboxylic acids is 1. The zero-order valence-electron chi connectivity index (χ0n) is 15.1. The maximum Gasteiger partial charge on any atom is 0.331 e. The molecule has 0 aliphatic rings. The fourth-order valence-corrected chi connectivity index (χ4v) is 1.99. The van der Waals surface area contributed by atoms with Crippen molar-refractivity contribution >= 4 is 17.6 Å². The molecule has 0 aliphatic carbocycles. The van der Waals surface area contributed by atoms with Crippen LogP contribution in [0.3, 0.4) is 0 Å². The van der Waals surface area contributed by atoms with Crippen LogP contribution in [-0.4, -0.2) is 40.0 Å². The van der Waals surface area contributed by atoms with Gasteiger partial charge in [0.25, 0.3) is 5.91 Å². The summed E-state index contributed by atoms with van der Waals surface area (Å²) in [6, 6.07) is 7.01. The summed E-state index contributed by atoms with van der Waals surface area (Å²) in [6.07, 6.45) is 3.78. The number of benzene rings is 1. The van der Waals surface area contributed by atoms with Crippen molar-refractivity contribution in [1.82, 2.24) is 9.78 Å². The molecule has 8 nitrogen and oxygen atoms in total. The molecule has 140 valence electrons. The summed E-state index contributed by atoms with van der Waals surface area (Å²) in [7, 11) is 0. The molecule has 0 saturated heterocycles. The lowest BCUT2D eigenvalue weighted by molar-refractivity contribution is -0.146. The number of aliphatic carboxylic acids is 1. The number of ether oxygens (including phenoxy) is 2. The number of hydrogen-bond donors (Lipinski definition) is 2. The molecule has 0 fully saturated rings. The van der Waals surface area contributed by atoms with Gasteiger partial charge in [-0.25, -0.2) is 4.79 Å². The highest BCUT2D eigenvalue weighted by Gasteiger charge is 2.30. The molecule has 2 aromatic rings. The third-order valence-corrected chi connectivity index (χ3v) is 3.63. The molecule has 0 unspecified atom stereocenters. The molecular weight excluding hydrogens is 338 g/mol. The second-order valence-corrected chi connectivity index (χ2v) is 6.19. The van der Waals surface area contributed by atoms with Gasteiger partial charge in [0, 0.05) is 6.20 Å². The first-order valence-corrected chi connectivity index (χ1v) is 8.27. The van der Waals surface area contributed by atoms with Crippen molar-refractivity contribution in [2.45, 2.75) is 32.7 Å². The fourth-order valence-electron chi connectivity index (χ4n) is 1.99. The van der Waals surface area contributed by atoms with Gasteiger partial charge >= 0.3 is 5.97 Å². The van der Waals surface area contributed by atoms with E-state index in [1.807, 2.05) is 6.92 Å². The maximum atomic E-state index is 12.0. The Morgan fingerprint density at radius 3 is 2.38 bits per heavy atom. The Kier molecular flexibility index (Phi) is 6.21. The molecule has 1 amide bonds. The first-order chi connectivity index (χ1) is 12.3. The van der Waals surface area contributed by atoms with Crippen LogP contribution in [0.2, 0.25) is 0 Å². The van der Waals surface area contributed by atoms with E-state index in [-0.39, 0.29) is 12.5 Å². The van der Waals surface area contributed by atoms with Crippen molar-refractivity contribution in [1.29, 1.82) is 0 Å². The van der Waals surface area contributed by atoms with Gasteiger partial charge in [-0.1, -0.05) is 6.92 Å². The highest BCUT2D eigenvalue weighted by Crippen LogP contribution is 2.19. The Balaban J connectivity index is 1.86. The Morgan fingerprint density at radius 1 is 1.19 bits per heavy atom. The zero-order chi connectivity index (χ0) is 19.2. The first kappa shape index (κ1) is 19.3. The predicted octanol–water partition coefficient (Wildman–Crippen LogP) is 2.51. The van der Waals surface area contributed by atoms with Crippen LogP contribution in [-0.2, 0) is 15.1 Å². The molecule has 2 rings (SSSR count). The summed E-state index contributed by atoms with van der Waals surface area (Å²) < 4.78 is 12.2. The molecular formula is C18H23N3O5. The van der Waals surface area contributed by atoms with Crippen LogP contribution >= 0.6 is 0 Å². The molecule has 0 atom stereocenters. The third kappa shape index (κ3) is 4.98. The van der Waals surface area contributed by atoms with Gasteiger partial charge in [-0.2, -0.15) is 5.10 Å². The summed E-state index contributed by atoms with van der Waals surface area (Å²) in [5.74, 6) is -0.0963. The quantitative estimate of drug-likeness (QED) is 0.711. The van der Waals surface area contributed by atoms with Crippen LogP contribution in [0.5, 0.6) is 11.5 Å². The van der Waals surface area contributed by atoms with Gasteiger partial charge in [-0.15, -0.1) is 0 Å². The lowest BCUT2D eigenvalue weighted by Gasteiger charge is -2.19. The van der Waals surface area contributed by atoms with E-state index in [0.717, 1.165) is 12.2 Å². The number of amides is 1. The van der Waals surface area contributed by atoms with Crippen LogP contribution in [0, 0.1) is 0 Å². The molecule has 26 heavy (non-hydrogen) atoms. The number of nitrogens with zero attached hydrogens (tertiary/aromatic N) is 2. The molecule has 0 saturated carbocycles. The lowest BCUT2D eigenvalue weighted by Crippen LogP contribution is -2.35. The van der Waals surface area contributed by atoms with E-state index in [9.17, 15) is 14.7 Å². The molecule has 0 spiro atoms. The van der Waals surface area contributed by atoms with Gasteiger partial charge in [-0.3, -0.25) is 9.48 Å². The zero-order valence-corrected chi connectivity index (χ0v) is 15.1. The number of carbonyl (C=O) groups is 2. The van der Waals surface area contributed by atoms with Gasteiger partial charge in [0.1, 0.15) is 11.5 Å². The summed E-state index contributed by atoms with van der Waals surface area (Å²) in [5.41, 5.74) is -0.808. The largest absolute Gasteiger partial charge is 0.494 e. The molecule has 1 aromatic heterocycles. The fraction of sp³-hybridized carbons (Fsp3) is 0.389. The van der Waals surface area contributed by atoms with E-state index in [1.54, 1.807) is 24.3 Å². The molecule has 0 aliphatic heterocycles. The van der Waals surface area contributed by atoms with Crippen molar-refractivity contribution in [2.75, 3.05) is 18.5 Å². The topological polar surface area (TPSA) is 103 Å². The predicted molar refractivity (Wildman–Crippen MR) is 95.5 cm³/mol. The number of hydrogen-bond acceptors (Lipinski definition) is 5. The summed E-state index contributed by atoms with van der Waals surface area (Å²) >= 11 is 0. The van der Waals surface area contributed by atoms with E-state index in [1.165, 1.54) is 30.9 Å². The van der Waals surface area contributed by atoms with Crippen LogP contribution in [0.1, 0.15) is 27.2 Å². The maximum absolute atomic E-state index is 12.0. The second kappa shape index (κ2) is 8.37. The molecule has 8 heteroatoms. The average molecular weight is 361 g/mol. The van der Waals surface area contributed by atoms with Crippen molar-refractivity contribution in [3.8, 4) is 11.5 Å². The van der Waals surface area contributed by atoms with Gasteiger partial charge in [0.05, 0.1) is 18.5 Å². The number of rotatable bonds is 9. The highest BCUT2D eigenvalue weighted by atomic mass is 16.5. The van der Waals surface area contributed by atoms with E-state index in [0.29, 0.717) is 18.0 Å². The van der Waals surface area contributed by atoms with E-state index in [2.05, 4.69) is 10.4 Å². The molecule has 0 bridgehead atoms. The van der Waals surface area contributed by atoms with Crippen LogP contribution < -0.4 is 14.8 Å². The third-order valence-electron chi connectivity index (χ3n) is 3.63. The molecule has 0 radical (unpaired) electrons. The van der Waals surface area contributed by atoms with Crippen LogP contribution in [0.15, 0.2) is 36.7 Å². The summed E-state index contributed by atoms with van der Waals surface area (Å²) in [6.45, 7) is 5.54. The normalized spacial score (nSPS) is 11.0. The Hall–Kier alpha value is -3.03. The van der Waals surface area contributed by atoms with Crippen molar-refractivity contribution in [3.05, 3.63) is 36.7 Å². The summed E-state index contributed by atoms with van der Waals surface area (Å²) in [4.78, 5) is 23.2. The van der Waals surface area contributed by atoms with Gasteiger partial charge < -0.3 is 19.9 Å². The van der Waals surface area contributed by atoms with Crippen LogP contribution in [0.4, 0.5) is 5.69 Å². The Labute approximate surface area is 151 Å². The SMILES string of the molecule is CCCOc1ccc(OCC(=O)Nc2cnn(C(C)(C)C(=O)O)c2)cc1. The first-order valence-electron chi connectivity index (χ1n) is 8.27. The van der Waals surface area contributed by atoms with Crippen molar-refractivity contribution < 1.29 is 24.2 Å². The number of carboxylic acid groups (broad SMARTS) is 1. The highest BCUT2D eigenvalue weighted by molar-refractivity contribution is 5.91. The Morgan fingerprint density at radius 2 is 1.81 bits per heavy atom. The summed E-state index contributed by atoms with van der Waals surface area (Å²) in [5, 5.41) is 15.8. The van der Waals surface area contributed by atoms with Gasteiger partial charge in [0.15, 0.2) is 12.1 Å². The van der Waals surface area contributed by atoms with Crippen molar-refractivity contribution in [3.63, 3.8) is 0 Å². The van der Waals surface area contributed by atoms with E-state index >= 15 is 0 Å². The monoisotopic (exact) mass is 361 g/mol. The number of carbonyl (C=O) groups excluding carboxylic acids is 1. The number of anilines is 1. The second-order valence-electron chi connectivity index (χ2n) is 6.19. The van der Waals surface area contributed by atoms with E-state index < -0.39 is 11.5 Å². The number of nitrogens with one attached hydrogen (secondary N) is 1. The standard InChI is InChI=1S/C18H23N3O5/c1-4-9-25-14-5-7-15(8-6-14)26-12-16(22)20-13-10-19-21(11-13)18(2,3)17(23)24/h5-8,10-11H,4,9,12H2,1-3H3,(H,20,22)(H,23,24). The molecule has 1 aromatic carbocycles. The smallest absolute Gasteiger partial charge is 0.331 e. The van der Waals surface area contributed by atoms with Gasteiger partial charge in [0.2, 0.25) is 0 Å². The Bertz CT molecular complexity index is 752. The molecule has 2 N–H and O–H groups in total.